The number of benzene rings is 2. The summed E-state index contributed by atoms with van der Waals surface area (Å²) < 4.78 is 37.7. The number of ether oxygens (including phenoxy) is 1. The summed E-state index contributed by atoms with van der Waals surface area (Å²) in [6.07, 6.45) is -1.72. The van der Waals surface area contributed by atoms with Gasteiger partial charge in [0.1, 0.15) is 11.8 Å². The third-order valence-corrected chi connectivity index (χ3v) is 8.14. The van der Waals surface area contributed by atoms with E-state index in [1.54, 1.807) is 20.0 Å². The summed E-state index contributed by atoms with van der Waals surface area (Å²) in [5, 5.41) is 19.8. The van der Waals surface area contributed by atoms with Crippen molar-refractivity contribution in [1.82, 2.24) is 15.0 Å². The van der Waals surface area contributed by atoms with Gasteiger partial charge in [-0.2, -0.15) is 0 Å². The molecule has 0 aliphatic rings. The van der Waals surface area contributed by atoms with Crippen LogP contribution >= 0.6 is 22.7 Å². The lowest BCUT2D eigenvalue weighted by Crippen LogP contribution is -2.18. The van der Waals surface area contributed by atoms with E-state index in [1.807, 2.05) is 36.4 Å². The van der Waals surface area contributed by atoms with Gasteiger partial charge in [0.15, 0.2) is 17.5 Å². The van der Waals surface area contributed by atoms with Crippen LogP contribution in [0.5, 0.6) is 0 Å². The van der Waals surface area contributed by atoms with Crippen molar-refractivity contribution in [3.05, 3.63) is 77.4 Å². The minimum Gasteiger partial charge on any atom is -0.481 e. The molecule has 3 aromatic heterocycles. The van der Waals surface area contributed by atoms with Crippen molar-refractivity contribution in [3.8, 4) is 21.0 Å². The molecule has 1 unspecified atom stereocenters. The third kappa shape index (κ3) is 5.00. The molecule has 0 saturated carbocycles. The second-order valence-electron chi connectivity index (χ2n) is 8.41. The maximum absolute atomic E-state index is 14.7. The summed E-state index contributed by atoms with van der Waals surface area (Å²) in [6.45, 7) is 1.77. The Morgan fingerprint density at radius 2 is 1.74 bits per heavy atom. The van der Waals surface area contributed by atoms with Crippen LogP contribution < -0.4 is 5.32 Å². The molecule has 38 heavy (non-hydrogen) atoms. The molecule has 0 spiro atoms. The summed E-state index contributed by atoms with van der Waals surface area (Å²) in [5.74, 6) is -3.13. The van der Waals surface area contributed by atoms with Crippen LogP contribution in [-0.2, 0) is 23.0 Å². The third-order valence-electron chi connectivity index (χ3n) is 5.81. The normalized spacial score (nSPS) is 12.0. The van der Waals surface area contributed by atoms with Gasteiger partial charge in [-0.05, 0) is 24.6 Å². The Bertz CT molecular complexity index is 1630. The number of aromatic nitrogens is 3. The van der Waals surface area contributed by atoms with E-state index in [-0.39, 0.29) is 11.1 Å². The van der Waals surface area contributed by atoms with Crippen LogP contribution in [-0.4, -0.2) is 32.2 Å². The summed E-state index contributed by atoms with van der Waals surface area (Å²) in [6, 6.07) is 15.6. The van der Waals surface area contributed by atoms with Crippen molar-refractivity contribution < 1.29 is 28.2 Å². The Balaban J connectivity index is 1.38. The van der Waals surface area contributed by atoms with Gasteiger partial charge in [0.2, 0.25) is 0 Å². The van der Waals surface area contributed by atoms with Crippen LogP contribution in [0, 0.1) is 11.6 Å². The van der Waals surface area contributed by atoms with Crippen LogP contribution in [0.2, 0.25) is 0 Å². The first kappa shape index (κ1) is 25.5. The van der Waals surface area contributed by atoms with Crippen molar-refractivity contribution in [1.29, 1.82) is 0 Å². The molecule has 1 amide bonds. The predicted molar refractivity (Wildman–Crippen MR) is 141 cm³/mol. The highest BCUT2D eigenvalue weighted by atomic mass is 32.1. The first-order valence-corrected chi connectivity index (χ1v) is 13.0. The number of nitrogens with zero attached hydrogens (tertiary/aromatic N) is 3. The minimum absolute atomic E-state index is 0.0590. The van der Waals surface area contributed by atoms with Crippen LogP contribution in [0.4, 0.5) is 19.4 Å². The summed E-state index contributed by atoms with van der Waals surface area (Å²) in [7, 11) is 1.64. The molecule has 2 aromatic carbocycles. The molecule has 3 heterocycles. The van der Waals surface area contributed by atoms with E-state index in [0.717, 1.165) is 19.8 Å². The number of carboxylic acid groups (broad SMARTS) is 1. The van der Waals surface area contributed by atoms with Gasteiger partial charge in [0.05, 0.1) is 11.3 Å². The number of thiophene rings is 2. The van der Waals surface area contributed by atoms with Crippen LogP contribution in [0.1, 0.15) is 24.2 Å². The number of carboxylic acids is 1. The van der Waals surface area contributed by atoms with E-state index in [1.165, 1.54) is 39.5 Å². The van der Waals surface area contributed by atoms with Crippen molar-refractivity contribution >= 4 is 50.0 Å². The van der Waals surface area contributed by atoms with Crippen molar-refractivity contribution in [2.75, 3.05) is 5.32 Å². The lowest BCUT2D eigenvalue weighted by Gasteiger charge is -2.14. The highest BCUT2D eigenvalue weighted by Crippen LogP contribution is 2.43. The Hall–Kier alpha value is -4.16. The highest BCUT2D eigenvalue weighted by Gasteiger charge is 2.22. The van der Waals surface area contributed by atoms with Crippen LogP contribution in [0.3, 0.4) is 0 Å². The quantitative estimate of drug-likeness (QED) is 0.234. The fourth-order valence-electron chi connectivity index (χ4n) is 3.91. The minimum atomic E-state index is -1.24. The molecule has 12 heteroatoms. The zero-order valence-electron chi connectivity index (χ0n) is 20.1. The zero-order chi connectivity index (χ0) is 27.0. The van der Waals surface area contributed by atoms with Gasteiger partial charge in [-0.3, -0.25) is 10.1 Å². The van der Waals surface area contributed by atoms with Gasteiger partial charge in [-0.1, -0.05) is 47.7 Å². The first-order valence-electron chi connectivity index (χ1n) is 11.4. The van der Waals surface area contributed by atoms with Gasteiger partial charge in [0, 0.05) is 32.5 Å². The SMILES string of the molecule is CC(OC(=O)Nc1c(-c2cc3sc(-c4ccc(CC(=O)O)c(F)c4F)cc3s2)nnn1C)c1ccccc1. The number of hydrogen-bond donors (Lipinski definition) is 2. The first-order chi connectivity index (χ1) is 18.2. The van der Waals surface area contributed by atoms with Gasteiger partial charge < -0.3 is 9.84 Å². The van der Waals surface area contributed by atoms with E-state index >= 15 is 0 Å². The number of aliphatic carboxylic acids is 1. The number of amides is 1. The molecular weight excluding hydrogens is 534 g/mol. The van der Waals surface area contributed by atoms with Crippen molar-refractivity contribution in [2.24, 2.45) is 7.05 Å². The van der Waals surface area contributed by atoms with E-state index in [2.05, 4.69) is 15.6 Å². The predicted octanol–water partition coefficient (Wildman–Crippen LogP) is 6.64. The second-order valence-corrected chi connectivity index (χ2v) is 10.6. The molecule has 0 bridgehead atoms. The van der Waals surface area contributed by atoms with Crippen LogP contribution in [0.25, 0.3) is 30.4 Å². The maximum Gasteiger partial charge on any atom is 0.413 e. The van der Waals surface area contributed by atoms with Gasteiger partial charge in [-0.15, -0.1) is 27.8 Å². The highest BCUT2D eigenvalue weighted by molar-refractivity contribution is 7.31. The largest absolute Gasteiger partial charge is 0.481 e. The lowest BCUT2D eigenvalue weighted by atomic mass is 10.1. The number of fused-ring (bicyclic) bond motifs is 1. The zero-order valence-corrected chi connectivity index (χ0v) is 21.7. The molecule has 5 rings (SSSR count). The van der Waals surface area contributed by atoms with Gasteiger partial charge in [0.25, 0.3) is 0 Å². The average molecular weight is 555 g/mol. The van der Waals surface area contributed by atoms with Crippen molar-refractivity contribution in [2.45, 2.75) is 19.4 Å². The number of carbonyl (C=O) groups is 2. The Morgan fingerprint density at radius 3 is 2.45 bits per heavy atom. The Kier molecular flexibility index (Phi) is 6.91. The Labute approximate surface area is 223 Å². The molecular formula is C26H20F2N4O4S2. The van der Waals surface area contributed by atoms with E-state index < -0.39 is 36.2 Å². The number of rotatable bonds is 7. The standard InChI is InChI=1S/C26H20F2N4O4S2/c1-13(14-6-4-3-5-7-14)36-26(35)29-25-24(30-31-32(25)2)20-12-19-18(38-20)11-17(37-19)16-9-8-15(10-21(33)34)22(27)23(16)28/h3-9,11-13H,10H2,1-2H3,(H,29,35)(H,33,34). The number of halogens is 2. The number of anilines is 1. The van der Waals surface area contributed by atoms with Crippen molar-refractivity contribution in [3.63, 3.8) is 0 Å². The molecule has 0 aliphatic carbocycles. The molecule has 5 aromatic rings. The smallest absolute Gasteiger partial charge is 0.413 e. The molecule has 1 atom stereocenters. The monoisotopic (exact) mass is 554 g/mol. The molecule has 194 valence electrons. The lowest BCUT2D eigenvalue weighted by molar-refractivity contribution is -0.136. The Morgan fingerprint density at radius 1 is 1.05 bits per heavy atom. The summed E-state index contributed by atoms with van der Waals surface area (Å²) >= 11 is 2.62. The van der Waals surface area contributed by atoms with Crippen LogP contribution in [0.15, 0.2) is 54.6 Å². The molecule has 8 nitrogen and oxygen atoms in total. The number of nitrogens with one attached hydrogen (secondary N) is 1. The maximum atomic E-state index is 14.7. The van der Waals surface area contributed by atoms with E-state index in [4.69, 9.17) is 9.84 Å². The summed E-state index contributed by atoms with van der Waals surface area (Å²) in [5.41, 5.74) is 1.15. The molecule has 0 radical (unpaired) electrons. The number of hydrogen-bond acceptors (Lipinski definition) is 7. The van der Waals surface area contributed by atoms with E-state index in [9.17, 15) is 18.4 Å². The summed E-state index contributed by atoms with van der Waals surface area (Å²) in [4.78, 5) is 24.7. The van der Waals surface area contributed by atoms with Gasteiger partial charge >= 0.3 is 12.1 Å². The average Bonchev–Trinajstić information content (AvgIpc) is 3.56. The van der Waals surface area contributed by atoms with E-state index in [0.29, 0.717) is 16.4 Å². The number of aryl methyl sites for hydroxylation is 1. The molecule has 0 aliphatic heterocycles. The molecule has 2 N–H and O–H groups in total. The second kappa shape index (κ2) is 10.3. The van der Waals surface area contributed by atoms with Gasteiger partial charge in [-0.25, -0.2) is 18.3 Å². The molecule has 0 saturated heterocycles. The fourth-order valence-corrected chi connectivity index (χ4v) is 6.31. The fraction of sp³-hybridized carbons (Fsp3) is 0.154. The number of carbonyl (C=O) groups excluding carboxylic acids is 1. The molecule has 0 fully saturated rings. The topological polar surface area (TPSA) is 106 Å².